The Morgan fingerprint density at radius 1 is 0.884 bits per heavy atom. The number of halogens is 1. The van der Waals surface area contributed by atoms with Crippen LogP contribution in [0.3, 0.4) is 0 Å². The maximum atomic E-state index is 14.7. The van der Waals surface area contributed by atoms with E-state index in [4.69, 9.17) is 9.47 Å². The first-order valence-electron chi connectivity index (χ1n) is 13.8. The molecule has 4 N–H and O–H groups in total. The highest BCUT2D eigenvalue weighted by atomic mass is 19.1. The van der Waals surface area contributed by atoms with Gasteiger partial charge in [-0.25, -0.2) is 9.37 Å². The summed E-state index contributed by atoms with van der Waals surface area (Å²) in [5, 5.41) is 11.0. The molecule has 3 aromatic rings. The summed E-state index contributed by atoms with van der Waals surface area (Å²) in [6.45, 7) is 1.91. The minimum Gasteiger partial charge on any atom is -0.495 e. The van der Waals surface area contributed by atoms with Crippen LogP contribution in [0.2, 0.25) is 0 Å². The number of hydrogen-bond donors (Lipinski definition) is 4. The SMILES string of the molecule is COc1ccc2cc1NC(=O)C(=O)NCCN(C1CCN(C)CC1)C(=O)c1ccc(c(OC)c1)Nc1ncc(F)c(n1)N2. The second-order valence-corrected chi connectivity index (χ2v) is 10.2. The molecule has 6 bridgehead atoms. The largest absolute Gasteiger partial charge is 0.495 e. The van der Waals surface area contributed by atoms with E-state index in [0.717, 1.165) is 32.1 Å². The lowest BCUT2D eigenvalue weighted by atomic mass is 10.0. The third-order valence-electron chi connectivity index (χ3n) is 7.38. The number of likely N-dealkylation sites (tertiary alicyclic amines) is 1. The van der Waals surface area contributed by atoms with Crippen LogP contribution in [0.25, 0.3) is 0 Å². The highest BCUT2D eigenvalue weighted by Crippen LogP contribution is 2.32. The fraction of sp³-hybridized carbons (Fsp3) is 0.345. The Hall–Kier alpha value is -4.98. The summed E-state index contributed by atoms with van der Waals surface area (Å²) in [7, 11) is 4.92. The Labute approximate surface area is 247 Å². The van der Waals surface area contributed by atoms with Crippen LogP contribution in [0.5, 0.6) is 11.5 Å². The van der Waals surface area contributed by atoms with Crippen LogP contribution in [-0.4, -0.2) is 91.0 Å². The van der Waals surface area contributed by atoms with Crippen LogP contribution in [0, 0.1) is 5.82 Å². The summed E-state index contributed by atoms with van der Waals surface area (Å²) in [4.78, 5) is 51.6. The second-order valence-electron chi connectivity index (χ2n) is 10.2. The number of hydrogen-bond acceptors (Lipinski definition) is 10. The number of nitrogens with zero attached hydrogens (tertiary/aromatic N) is 4. The molecule has 1 aromatic heterocycles. The lowest BCUT2D eigenvalue weighted by Gasteiger charge is -2.37. The molecule has 3 aliphatic rings. The lowest BCUT2D eigenvalue weighted by Crippen LogP contribution is -2.49. The van der Waals surface area contributed by atoms with Crippen LogP contribution in [0.4, 0.5) is 33.2 Å². The molecule has 2 aromatic carbocycles. The Morgan fingerprint density at radius 3 is 2.40 bits per heavy atom. The van der Waals surface area contributed by atoms with Crippen molar-refractivity contribution in [3.05, 3.63) is 54.0 Å². The van der Waals surface area contributed by atoms with E-state index in [2.05, 4.69) is 36.1 Å². The topological polar surface area (TPSA) is 150 Å². The van der Waals surface area contributed by atoms with Gasteiger partial charge in [-0.3, -0.25) is 14.4 Å². The zero-order valence-corrected chi connectivity index (χ0v) is 24.1. The van der Waals surface area contributed by atoms with Gasteiger partial charge in [0, 0.05) is 30.4 Å². The molecule has 6 rings (SSSR count). The van der Waals surface area contributed by atoms with Gasteiger partial charge in [0.25, 0.3) is 5.91 Å². The standard InChI is InChI=1S/C29H33FN8O5/c1-37-11-8-19(9-12-37)38-13-10-31-26(39)27(40)34-22-15-18(5-7-23(22)42-2)33-25-20(30)16-32-29(36-25)35-21-6-4-17(28(38)41)14-24(21)43-3/h4-7,14-16,19H,8-13H2,1-3H3,(H,31,39)(H,34,40)(H2,32,33,35,36). The van der Waals surface area contributed by atoms with Gasteiger partial charge >= 0.3 is 11.8 Å². The van der Waals surface area contributed by atoms with E-state index in [9.17, 15) is 18.8 Å². The van der Waals surface area contributed by atoms with E-state index in [1.54, 1.807) is 35.2 Å². The van der Waals surface area contributed by atoms with Crippen molar-refractivity contribution in [3.8, 4) is 11.5 Å². The average molecular weight is 593 g/mol. The summed E-state index contributed by atoms with van der Waals surface area (Å²) in [5.74, 6) is -2.21. The molecule has 0 radical (unpaired) electrons. The number of piperidine rings is 1. The maximum Gasteiger partial charge on any atom is 0.313 e. The number of benzene rings is 2. The molecule has 14 heteroatoms. The molecule has 226 valence electrons. The predicted octanol–water partition coefficient (Wildman–Crippen LogP) is 2.72. The third kappa shape index (κ3) is 6.75. The Bertz CT molecular complexity index is 1530. The average Bonchev–Trinajstić information content (AvgIpc) is 3.01. The normalized spacial score (nSPS) is 16.9. The van der Waals surface area contributed by atoms with E-state index in [1.165, 1.54) is 20.3 Å². The first kappa shape index (κ1) is 29.5. The molecule has 1 saturated heterocycles. The van der Waals surface area contributed by atoms with Crippen molar-refractivity contribution < 1.29 is 28.2 Å². The van der Waals surface area contributed by atoms with Crippen molar-refractivity contribution in [2.45, 2.75) is 18.9 Å². The fourth-order valence-electron chi connectivity index (χ4n) is 5.05. The van der Waals surface area contributed by atoms with Crippen LogP contribution in [-0.2, 0) is 9.59 Å². The lowest BCUT2D eigenvalue weighted by molar-refractivity contribution is -0.136. The maximum absolute atomic E-state index is 14.7. The van der Waals surface area contributed by atoms with Crippen LogP contribution in [0.1, 0.15) is 23.2 Å². The van der Waals surface area contributed by atoms with E-state index in [-0.39, 0.29) is 48.2 Å². The molecule has 0 atom stereocenters. The molecule has 3 amide bonds. The molecule has 3 aliphatic heterocycles. The zero-order chi connectivity index (χ0) is 30.5. The van der Waals surface area contributed by atoms with Crippen LogP contribution in [0.15, 0.2) is 42.6 Å². The summed E-state index contributed by atoms with van der Waals surface area (Å²) in [6, 6.07) is 9.52. The number of aromatic nitrogens is 2. The van der Waals surface area contributed by atoms with Gasteiger partial charge in [0.1, 0.15) is 11.5 Å². The van der Waals surface area contributed by atoms with Gasteiger partial charge < -0.3 is 40.5 Å². The number of nitrogens with one attached hydrogen (secondary N) is 4. The smallest absolute Gasteiger partial charge is 0.313 e. The number of amides is 3. The van der Waals surface area contributed by atoms with Gasteiger partial charge in [-0.1, -0.05) is 0 Å². The quantitative estimate of drug-likeness (QED) is 0.264. The highest BCUT2D eigenvalue weighted by molar-refractivity contribution is 6.39. The van der Waals surface area contributed by atoms with Gasteiger partial charge in [-0.2, -0.15) is 4.98 Å². The number of fused-ring (bicyclic) bond motifs is 9. The number of ether oxygens (including phenoxy) is 2. The Morgan fingerprint density at radius 2 is 1.65 bits per heavy atom. The highest BCUT2D eigenvalue weighted by Gasteiger charge is 2.29. The summed E-state index contributed by atoms with van der Waals surface area (Å²) >= 11 is 0. The first-order valence-corrected chi connectivity index (χ1v) is 13.8. The molecule has 43 heavy (non-hydrogen) atoms. The van der Waals surface area contributed by atoms with Gasteiger partial charge in [0.2, 0.25) is 5.95 Å². The van der Waals surface area contributed by atoms with Crippen LogP contribution >= 0.6 is 0 Å². The Balaban J connectivity index is 1.53. The fourth-order valence-corrected chi connectivity index (χ4v) is 5.05. The first-order chi connectivity index (χ1) is 20.7. The van der Waals surface area contributed by atoms with E-state index in [1.807, 2.05) is 7.05 Å². The number of carbonyl (C=O) groups is 3. The molecule has 4 heterocycles. The van der Waals surface area contributed by atoms with Crippen molar-refractivity contribution in [2.24, 2.45) is 0 Å². The Kier molecular flexibility index (Phi) is 8.85. The van der Waals surface area contributed by atoms with Gasteiger partial charge in [0.05, 0.1) is 31.8 Å². The molecule has 0 spiro atoms. The van der Waals surface area contributed by atoms with E-state index in [0.29, 0.717) is 22.7 Å². The number of methoxy groups -OCH3 is 2. The summed E-state index contributed by atoms with van der Waals surface area (Å²) < 4.78 is 25.6. The molecular formula is C29H33FN8O5. The van der Waals surface area contributed by atoms with Crippen molar-refractivity contribution in [3.63, 3.8) is 0 Å². The van der Waals surface area contributed by atoms with Gasteiger partial charge in [0.15, 0.2) is 11.6 Å². The predicted molar refractivity (Wildman–Crippen MR) is 158 cm³/mol. The molecule has 13 nitrogen and oxygen atoms in total. The van der Waals surface area contributed by atoms with Gasteiger partial charge in [-0.05, 0) is 69.4 Å². The monoisotopic (exact) mass is 592 g/mol. The molecule has 1 fully saturated rings. The third-order valence-corrected chi connectivity index (χ3v) is 7.38. The van der Waals surface area contributed by atoms with Crippen molar-refractivity contribution >= 4 is 46.5 Å². The van der Waals surface area contributed by atoms with Crippen molar-refractivity contribution in [1.29, 1.82) is 0 Å². The number of anilines is 5. The van der Waals surface area contributed by atoms with Crippen molar-refractivity contribution in [2.75, 3.05) is 63.4 Å². The molecule has 0 aliphatic carbocycles. The van der Waals surface area contributed by atoms with Crippen LogP contribution < -0.4 is 30.7 Å². The number of carbonyl (C=O) groups excluding carboxylic acids is 3. The van der Waals surface area contributed by atoms with Crippen molar-refractivity contribution in [1.82, 2.24) is 25.1 Å². The minimum absolute atomic E-state index is 0.0541. The van der Waals surface area contributed by atoms with E-state index < -0.39 is 17.6 Å². The zero-order valence-electron chi connectivity index (χ0n) is 24.1. The summed E-state index contributed by atoms with van der Waals surface area (Å²) in [5.41, 5.74) is 1.40. The molecule has 0 saturated carbocycles. The molecule has 0 unspecified atom stereocenters. The minimum atomic E-state index is -0.929. The van der Waals surface area contributed by atoms with E-state index >= 15 is 0 Å². The summed E-state index contributed by atoms with van der Waals surface area (Å²) in [6.07, 6.45) is 2.54. The number of rotatable bonds is 3. The molecular weight excluding hydrogens is 559 g/mol. The second kappa shape index (κ2) is 12.9. The van der Waals surface area contributed by atoms with Gasteiger partial charge in [-0.15, -0.1) is 0 Å².